The molecule has 0 saturated heterocycles. The predicted molar refractivity (Wildman–Crippen MR) is 60.0 cm³/mol. The Labute approximate surface area is 97.5 Å². The number of carboxylic acid groups (broad SMARTS) is 1. The van der Waals surface area contributed by atoms with Crippen LogP contribution in [-0.2, 0) is 7.05 Å². The SMILES string of the molecule is COc1cncc(-c2cc(C(=O)O)n(C)n2)c1. The number of nitrogens with zero attached hydrogens (tertiary/aromatic N) is 3. The van der Waals surface area contributed by atoms with E-state index in [-0.39, 0.29) is 5.69 Å². The Bertz CT molecular complexity index is 563. The van der Waals surface area contributed by atoms with Gasteiger partial charge in [0, 0.05) is 18.8 Å². The average molecular weight is 233 g/mol. The van der Waals surface area contributed by atoms with E-state index in [9.17, 15) is 4.79 Å². The van der Waals surface area contributed by atoms with Gasteiger partial charge in [0.2, 0.25) is 0 Å². The van der Waals surface area contributed by atoms with Gasteiger partial charge in [0.1, 0.15) is 11.4 Å². The fourth-order valence-electron chi connectivity index (χ4n) is 1.48. The van der Waals surface area contributed by atoms with Gasteiger partial charge in [0.05, 0.1) is 19.0 Å². The molecule has 0 aromatic carbocycles. The molecule has 0 spiro atoms. The standard InChI is InChI=1S/C11H11N3O3/c1-14-10(11(15)16)4-9(13-14)7-3-8(17-2)6-12-5-7/h3-6H,1-2H3,(H,15,16). The smallest absolute Gasteiger partial charge is 0.354 e. The first-order chi connectivity index (χ1) is 8.11. The summed E-state index contributed by atoms with van der Waals surface area (Å²) < 4.78 is 6.36. The molecule has 2 aromatic heterocycles. The fraction of sp³-hybridized carbons (Fsp3) is 0.182. The Morgan fingerprint density at radius 2 is 2.18 bits per heavy atom. The van der Waals surface area contributed by atoms with E-state index < -0.39 is 5.97 Å². The quantitative estimate of drug-likeness (QED) is 0.861. The van der Waals surface area contributed by atoms with Crippen molar-refractivity contribution in [3.8, 4) is 17.0 Å². The number of aromatic carboxylic acids is 1. The van der Waals surface area contributed by atoms with Crippen molar-refractivity contribution in [2.75, 3.05) is 7.11 Å². The van der Waals surface area contributed by atoms with Crippen molar-refractivity contribution in [1.29, 1.82) is 0 Å². The lowest BCUT2D eigenvalue weighted by molar-refractivity contribution is 0.0685. The molecule has 2 heterocycles. The van der Waals surface area contributed by atoms with E-state index in [0.29, 0.717) is 17.0 Å². The molecule has 6 heteroatoms. The second kappa shape index (κ2) is 4.25. The van der Waals surface area contributed by atoms with Crippen LogP contribution in [0.15, 0.2) is 24.5 Å². The lowest BCUT2D eigenvalue weighted by atomic mass is 10.2. The lowest BCUT2D eigenvalue weighted by Crippen LogP contribution is -2.04. The first kappa shape index (κ1) is 11.1. The van der Waals surface area contributed by atoms with Gasteiger partial charge >= 0.3 is 5.97 Å². The molecule has 0 aliphatic heterocycles. The molecule has 0 aliphatic carbocycles. The van der Waals surface area contributed by atoms with Gasteiger partial charge in [0.15, 0.2) is 0 Å². The van der Waals surface area contributed by atoms with Crippen molar-refractivity contribution in [3.63, 3.8) is 0 Å². The van der Waals surface area contributed by atoms with E-state index in [1.54, 1.807) is 32.6 Å². The molecule has 2 rings (SSSR count). The zero-order valence-electron chi connectivity index (χ0n) is 9.41. The number of hydrogen-bond acceptors (Lipinski definition) is 4. The average Bonchev–Trinajstić information content (AvgIpc) is 2.71. The number of rotatable bonds is 3. The summed E-state index contributed by atoms with van der Waals surface area (Å²) in [5.74, 6) is -0.410. The molecule has 0 amide bonds. The second-order valence-electron chi connectivity index (χ2n) is 3.46. The molecule has 0 bridgehead atoms. The molecule has 1 N–H and O–H groups in total. The van der Waals surface area contributed by atoms with Crippen LogP contribution in [0.4, 0.5) is 0 Å². The first-order valence-electron chi connectivity index (χ1n) is 4.88. The van der Waals surface area contributed by atoms with Gasteiger partial charge in [-0.25, -0.2) is 4.79 Å². The highest BCUT2D eigenvalue weighted by Crippen LogP contribution is 2.21. The van der Waals surface area contributed by atoms with Crippen LogP contribution >= 0.6 is 0 Å². The van der Waals surface area contributed by atoms with E-state index in [0.717, 1.165) is 0 Å². The maximum absolute atomic E-state index is 10.9. The third-order valence-electron chi connectivity index (χ3n) is 2.34. The van der Waals surface area contributed by atoms with Gasteiger partial charge in [-0.15, -0.1) is 0 Å². The maximum Gasteiger partial charge on any atom is 0.354 e. The van der Waals surface area contributed by atoms with E-state index in [1.807, 2.05) is 0 Å². The number of ether oxygens (including phenoxy) is 1. The number of methoxy groups -OCH3 is 1. The number of hydrogen-bond donors (Lipinski definition) is 1. The van der Waals surface area contributed by atoms with Gasteiger partial charge in [-0.1, -0.05) is 0 Å². The van der Waals surface area contributed by atoms with Gasteiger partial charge in [-0.2, -0.15) is 5.10 Å². The van der Waals surface area contributed by atoms with Gasteiger partial charge < -0.3 is 9.84 Å². The van der Waals surface area contributed by atoms with Crippen LogP contribution in [0, 0.1) is 0 Å². The lowest BCUT2D eigenvalue weighted by Gasteiger charge is -2.00. The highest BCUT2D eigenvalue weighted by Gasteiger charge is 2.13. The van der Waals surface area contributed by atoms with Crippen LogP contribution in [-0.4, -0.2) is 33.0 Å². The van der Waals surface area contributed by atoms with Crippen LogP contribution in [0.5, 0.6) is 5.75 Å². The number of aryl methyl sites for hydroxylation is 1. The van der Waals surface area contributed by atoms with Crippen LogP contribution in [0.3, 0.4) is 0 Å². The van der Waals surface area contributed by atoms with E-state index in [2.05, 4.69) is 10.1 Å². The molecule has 0 fully saturated rings. The minimum Gasteiger partial charge on any atom is -0.495 e. The Morgan fingerprint density at radius 3 is 2.76 bits per heavy atom. The largest absolute Gasteiger partial charge is 0.495 e. The van der Waals surface area contributed by atoms with E-state index >= 15 is 0 Å². The molecule has 0 aliphatic rings. The Kier molecular flexibility index (Phi) is 2.78. The molecule has 0 radical (unpaired) electrons. The van der Waals surface area contributed by atoms with Crippen LogP contribution in [0.1, 0.15) is 10.5 Å². The van der Waals surface area contributed by atoms with E-state index in [1.165, 1.54) is 10.7 Å². The number of pyridine rings is 1. The number of carbonyl (C=O) groups is 1. The molecule has 88 valence electrons. The summed E-state index contributed by atoms with van der Waals surface area (Å²) in [5, 5.41) is 13.0. The predicted octanol–water partition coefficient (Wildman–Crippen LogP) is 1.19. The highest BCUT2D eigenvalue weighted by atomic mass is 16.5. The van der Waals surface area contributed by atoms with Crippen molar-refractivity contribution >= 4 is 5.97 Å². The summed E-state index contributed by atoms with van der Waals surface area (Å²) in [6, 6.07) is 3.25. The first-order valence-corrected chi connectivity index (χ1v) is 4.88. The molecule has 0 unspecified atom stereocenters. The highest BCUT2D eigenvalue weighted by molar-refractivity contribution is 5.87. The number of carboxylic acids is 1. The summed E-state index contributed by atoms with van der Waals surface area (Å²) in [5.41, 5.74) is 1.39. The summed E-state index contributed by atoms with van der Waals surface area (Å²) >= 11 is 0. The monoisotopic (exact) mass is 233 g/mol. The Balaban J connectivity index is 2.46. The van der Waals surface area contributed by atoms with E-state index in [4.69, 9.17) is 9.84 Å². The third kappa shape index (κ3) is 2.10. The third-order valence-corrected chi connectivity index (χ3v) is 2.34. The second-order valence-corrected chi connectivity index (χ2v) is 3.46. The van der Waals surface area contributed by atoms with Crippen molar-refractivity contribution < 1.29 is 14.6 Å². The van der Waals surface area contributed by atoms with Crippen LogP contribution in [0.25, 0.3) is 11.3 Å². The molecular weight excluding hydrogens is 222 g/mol. The minimum absolute atomic E-state index is 0.128. The number of aromatic nitrogens is 3. The summed E-state index contributed by atoms with van der Waals surface area (Å²) in [6.45, 7) is 0. The molecule has 6 nitrogen and oxygen atoms in total. The molecule has 17 heavy (non-hydrogen) atoms. The topological polar surface area (TPSA) is 77.2 Å². The zero-order valence-corrected chi connectivity index (χ0v) is 9.41. The molecule has 0 atom stereocenters. The summed E-state index contributed by atoms with van der Waals surface area (Å²) in [7, 11) is 3.13. The van der Waals surface area contributed by atoms with Crippen molar-refractivity contribution in [1.82, 2.24) is 14.8 Å². The normalized spacial score (nSPS) is 10.2. The summed E-state index contributed by atoms with van der Waals surface area (Å²) in [4.78, 5) is 14.9. The molecule has 0 saturated carbocycles. The van der Waals surface area contributed by atoms with Gasteiger partial charge in [-0.3, -0.25) is 9.67 Å². The fourth-order valence-corrected chi connectivity index (χ4v) is 1.48. The Hall–Kier alpha value is -2.37. The van der Waals surface area contributed by atoms with Gasteiger partial charge in [0.25, 0.3) is 0 Å². The minimum atomic E-state index is -1.01. The van der Waals surface area contributed by atoms with Crippen molar-refractivity contribution in [3.05, 3.63) is 30.2 Å². The zero-order chi connectivity index (χ0) is 12.4. The van der Waals surface area contributed by atoms with Gasteiger partial charge in [-0.05, 0) is 12.1 Å². The summed E-state index contributed by atoms with van der Waals surface area (Å²) in [6.07, 6.45) is 3.18. The van der Waals surface area contributed by atoms with Crippen molar-refractivity contribution in [2.45, 2.75) is 0 Å². The molecule has 2 aromatic rings. The van der Waals surface area contributed by atoms with Crippen molar-refractivity contribution in [2.24, 2.45) is 7.05 Å². The van der Waals surface area contributed by atoms with Crippen LogP contribution < -0.4 is 4.74 Å². The maximum atomic E-state index is 10.9. The molecular formula is C11H11N3O3. The van der Waals surface area contributed by atoms with Crippen LogP contribution in [0.2, 0.25) is 0 Å². The Morgan fingerprint density at radius 1 is 1.41 bits per heavy atom.